The second-order valence-electron chi connectivity index (χ2n) is 7.86. The second-order valence-corrected chi connectivity index (χ2v) is 7.86. The topological polar surface area (TPSA) is 85.3 Å². The molecule has 0 radical (unpaired) electrons. The smallest absolute Gasteiger partial charge is 0.225 e. The summed E-state index contributed by atoms with van der Waals surface area (Å²) in [5, 5.41) is 13.1. The van der Waals surface area contributed by atoms with Crippen molar-refractivity contribution in [3.05, 3.63) is 53.1 Å². The van der Waals surface area contributed by atoms with Crippen LogP contribution in [0.4, 0.5) is 10.3 Å². The molecular formula is C23H24FN7. The van der Waals surface area contributed by atoms with E-state index >= 15 is 0 Å². The number of hydrogen-bond acceptors (Lipinski definition) is 7. The molecule has 8 heteroatoms. The molecule has 0 bridgehead atoms. The molecule has 31 heavy (non-hydrogen) atoms. The van der Waals surface area contributed by atoms with Crippen molar-refractivity contribution in [1.82, 2.24) is 20.0 Å². The van der Waals surface area contributed by atoms with E-state index in [1.165, 1.54) is 12.1 Å². The number of hydrazine groups is 1. The third-order valence-electron chi connectivity index (χ3n) is 5.60. The molecule has 2 aliphatic heterocycles. The molecule has 0 atom stereocenters. The number of benzene rings is 1. The molecule has 158 valence electrons. The second kappa shape index (κ2) is 8.73. The number of halogens is 1. The van der Waals surface area contributed by atoms with Gasteiger partial charge in [-0.25, -0.2) is 19.4 Å². The Kier molecular flexibility index (Phi) is 5.85. The van der Waals surface area contributed by atoms with E-state index in [0.29, 0.717) is 22.8 Å². The zero-order valence-corrected chi connectivity index (χ0v) is 17.6. The maximum atomic E-state index is 14.3. The van der Waals surface area contributed by atoms with Crippen LogP contribution in [0.25, 0.3) is 11.3 Å². The Morgan fingerprint density at radius 2 is 1.94 bits per heavy atom. The van der Waals surface area contributed by atoms with Crippen molar-refractivity contribution in [1.29, 1.82) is 5.26 Å². The first kappa shape index (κ1) is 20.8. The molecule has 2 aromatic rings. The summed E-state index contributed by atoms with van der Waals surface area (Å²) in [6, 6.07) is 6.55. The molecule has 7 nitrogen and oxygen atoms in total. The van der Waals surface area contributed by atoms with Gasteiger partial charge in [0.25, 0.3) is 0 Å². The van der Waals surface area contributed by atoms with Crippen LogP contribution < -0.4 is 10.6 Å². The molecule has 2 N–H and O–H groups in total. The number of piperidine rings is 1. The van der Waals surface area contributed by atoms with Gasteiger partial charge in [0.15, 0.2) is 0 Å². The lowest BCUT2D eigenvalue weighted by Gasteiger charge is -2.30. The van der Waals surface area contributed by atoms with E-state index in [4.69, 9.17) is 16.0 Å². The average Bonchev–Trinajstić information content (AvgIpc) is 3.10. The predicted octanol–water partition coefficient (Wildman–Crippen LogP) is 2.11. The highest BCUT2D eigenvalue weighted by molar-refractivity contribution is 5.69. The standard InChI is InChI=1S/C23H24FN7/c1-29-14-16(15-30(29)2)3-4-19-13-27-23(31-9-7-20(26)8-10-31)28-22(19)17-5-6-18(12-25)21(24)11-17/h5-6,11,13-14,20H,7-10,15,26H2,1-2H3. The van der Waals surface area contributed by atoms with Gasteiger partial charge in [0.2, 0.25) is 5.95 Å². The minimum Gasteiger partial charge on any atom is -0.341 e. The van der Waals surface area contributed by atoms with Crippen LogP contribution in [-0.2, 0) is 0 Å². The van der Waals surface area contributed by atoms with Crippen molar-refractivity contribution in [3.8, 4) is 29.2 Å². The van der Waals surface area contributed by atoms with Gasteiger partial charge in [0.1, 0.15) is 11.9 Å². The highest BCUT2D eigenvalue weighted by Gasteiger charge is 2.20. The van der Waals surface area contributed by atoms with Crippen LogP contribution in [-0.4, -0.2) is 59.8 Å². The quantitative estimate of drug-likeness (QED) is 0.749. The molecule has 3 heterocycles. The van der Waals surface area contributed by atoms with Gasteiger partial charge in [-0.2, -0.15) is 5.26 Å². The first-order chi connectivity index (χ1) is 14.9. The average molecular weight is 417 g/mol. The van der Waals surface area contributed by atoms with Crippen LogP contribution >= 0.6 is 0 Å². The Morgan fingerprint density at radius 3 is 2.58 bits per heavy atom. The molecule has 1 aromatic heterocycles. The van der Waals surface area contributed by atoms with E-state index in [1.807, 2.05) is 36.4 Å². The van der Waals surface area contributed by atoms with Crippen LogP contribution in [0, 0.1) is 29.0 Å². The molecule has 0 unspecified atom stereocenters. The molecule has 0 aliphatic carbocycles. The summed E-state index contributed by atoms with van der Waals surface area (Å²) in [5.74, 6) is 6.34. The van der Waals surface area contributed by atoms with Gasteiger partial charge in [-0.3, -0.25) is 0 Å². The zero-order chi connectivity index (χ0) is 22.0. The van der Waals surface area contributed by atoms with Crippen LogP contribution in [0.2, 0.25) is 0 Å². The Labute approximate surface area is 181 Å². The lowest BCUT2D eigenvalue weighted by atomic mass is 10.0. The fourth-order valence-corrected chi connectivity index (χ4v) is 3.63. The SMILES string of the molecule is CN1C=C(C#Cc2cnc(N3CCC(N)CC3)nc2-c2ccc(C#N)c(F)c2)CN1C. The number of nitrogens with two attached hydrogens (primary N) is 1. The summed E-state index contributed by atoms with van der Waals surface area (Å²) < 4.78 is 14.3. The predicted molar refractivity (Wildman–Crippen MR) is 117 cm³/mol. The van der Waals surface area contributed by atoms with Crippen molar-refractivity contribution < 1.29 is 4.39 Å². The summed E-state index contributed by atoms with van der Waals surface area (Å²) >= 11 is 0. The first-order valence-electron chi connectivity index (χ1n) is 10.2. The van der Waals surface area contributed by atoms with E-state index in [9.17, 15) is 4.39 Å². The summed E-state index contributed by atoms with van der Waals surface area (Å²) in [4.78, 5) is 11.4. The fourth-order valence-electron chi connectivity index (χ4n) is 3.63. The van der Waals surface area contributed by atoms with Crippen molar-refractivity contribution in [2.24, 2.45) is 5.73 Å². The molecule has 4 rings (SSSR count). The summed E-state index contributed by atoms with van der Waals surface area (Å²) in [5.41, 5.74) is 8.71. The van der Waals surface area contributed by atoms with Crippen molar-refractivity contribution in [2.45, 2.75) is 18.9 Å². The number of nitrogens with zero attached hydrogens (tertiary/aromatic N) is 6. The van der Waals surface area contributed by atoms with Crippen molar-refractivity contribution in [2.75, 3.05) is 38.6 Å². The van der Waals surface area contributed by atoms with Gasteiger partial charge >= 0.3 is 0 Å². The molecule has 1 saturated heterocycles. The Bertz CT molecular complexity index is 1120. The number of rotatable bonds is 2. The van der Waals surface area contributed by atoms with Crippen LogP contribution in [0.1, 0.15) is 24.0 Å². The van der Waals surface area contributed by atoms with Gasteiger partial charge in [-0.05, 0) is 25.0 Å². The monoisotopic (exact) mass is 417 g/mol. The Hall–Kier alpha value is -3.46. The van der Waals surface area contributed by atoms with Gasteiger partial charge in [-0.1, -0.05) is 17.9 Å². The van der Waals surface area contributed by atoms with Crippen LogP contribution in [0.3, 0.4) is 0 Å². The third-order valence-corrected chi connectivity index (χ3v) is 5.60. The van der Waals surface area contributed by atoms with E-state index in [1.54, 1.807) is 12.3 Å². The van der Waals surface area contributed by atoms with Crippen LogP contribution in [0.5, 0.6) is 0 Å². The minimum absolute atomic E-state index is 0.00197. The molecule has 0 amide bonds. The van der Waals surface area contributed by atoms with Gasteiger partial charge in [0, 0.05) is 56.8 Å². The van der Waals surface area contributed by atoms with Gasteiger partial charge in [0.05, 0.1) is 23.4 Å². The first-order valence-corrected chi connectivity index (χ1v) is 10.2. The third kappa shape index (κ3) is 4.51. The van der Waals surface area contributed by atoms with E-state index in [2.05, 4.69) is 21.7 Å². The van der Waals surface area contributed by atoms with Gasteiger partial charge in [-0.15, -0.1) is 0 Å². The summed E-state index contributed by atoms with van der Waals surface area (Å²) in [7, 11) is 3.95. The normalized spacial score (nSPS) is 17.2. The van der Waals surface area contributed by atoms with Crippen molar-refractivity contribution in [3.63, 3.8) is 0 Å². The van der Waals surface area contributed by atoms with Crippen LogP contribution in [0.15, 0.2) is 36.2 Å². The maximum absolute atomic E-state index is 14.3. The summed E-state index contributed by atoms with van der Waals surface area (Å²) in [6.45, 7) is 2.27. The molecular weight excluding hydrogens is 393 g/mol. The number of nitriles is 1. The lowest BCUT2D eigenvalue weighted by Crippen LogP contribution is -2.40. The molecule has 1 fully saturated rings. The fraction of sp³-hybridized carbons (Fsp3) is 0.348. The number of likely N-dealkylation sites (N-methyl/N-ethyl adjacent to an activating group) is 1. The molecule has 0 spiro atoms. The van der Waals surface area contributed by atoms with Gasteiger partial charge < -0.3 is 15.6 Å². The van der Waals surface area contributed by atoms with E-state index in [-0.39, 0.29) is 11.6 Å². The molecule has 1 aromatic carbocycles. The zero-order valence-electron chi connectivity index (χ0n) is 17.6. The maximum Gasteiger partial charge on any atom is 0.225 e. The number of aromatic nitrogens is 2. The molecule has 2 aliphatic rings. The highest BCUT2D eigenvalue weighted by atomic mass is 19.1. The summed E-state index contributed by atoms with van der Waals surface area (Å²) in [6.07, 6.45) is 5.42. The Morgan fingerprint density at radius 1 is 1.16 bits per heavy atom. The number of hydrogen-bond donors (Lipinski definition) is 1. The minimum atomic E-state index is -0.579. The van der Waals surface area contributed by atoms with Crippen molar-refractivity contribution >= 4 is 5.95 Å². The highest BCUT2D eigenvalue weighted by Crippen LogP contribution is 2.26. The number of anilines is 1. The van der Waals surface area contributed by atoms with E-state index in [0.717, 1.165) is 38.0 Å². The Balaban J connectivity index is 1.73. The molecule has 0 saturated carbocycles. The lowest BCUT2D eigenvalue weighted by molar-refractivity contribution is 0.116. The largest absolute Gasteiger partial charge is 0.341 e. The van der Waals surface area contributed by atoms with E-state index < -0.39 is 5.82 Å².